The number of hydrogen-bond acceptors (Lipinski definition) is 6. The molecule has 0 spiro atoms. The normalized spacial score (nSPS) is 12.5. The summed E-state index contributed by atoms with van der Waals surface area (Å²) in [6.07, 6.45) is 0.121. The third-order valence-electron chi connectivity index (χ3n) is 1.85. The van der Waals surface area contributed by atoms with Gasteiger partial charge in [0, 0.05) is 13.6 Å². The number of aromatic nitrogens is 2. The van der Waals surface area contributed by atoms with Gasteiger partial charge in [-0.3, -0.25) is 4.79 Å². The van der Waals surface area contributed by atoms with Crippen LogP contribution in [0.2, 0.25) is 0 Å². The van der Waals surface area contributed by atoms with Gasteiger partial charge in [-0.05, 0) is 13.3 Å². The second-order valence-corrected chi connectivity index (χ2v) is 4.32. The van der Waals surface area contributed by atoms with Gasteiger partial charge >= 0.3 is 0 Å². The van der Waals surface area contributed by atoms with Crippen molar-refractivity contribution in [3.63, 3.8) is 0 Å². The molecule has 6 nitrogen and oxygen atoms in total. The molecular formula is C8H14N4O2S. The molecule has 0 radical (unpaired) electrons. The first-order valence-corrected chi connectivity index (χ1v) is 5.35. The summed E-state index contributed by atoms with van der Waals surface area (Å²) in [6, 6.07) is 0. The number of rotatable bonds is 4. The predicted molar refractivity (Wildman–Crippen MR) is 57.6 cm³/mol. The quantitative estimate of drug-likeness (QED) is 0.757. The van der Waals surface area contributed by atoms with Crippen molar-refractivity contribution in [2.45, 2.75) is 19.4 Å². The van der Waals surface area contributed by atoms with Crippen LogP contribution in [-0.2, 0) is 0 Å². The molecule has 0 aliphatic carbocycles. The van der Waals surface area contributed by atoms with Gasteiger partial charge in [0.05, 0.1) is 6.10 Å². The second-order valence-electron chi connectivity index (χ2n) is 3.31. The van der Waals surface area contributed by atoms with Gasteiger partial charge in [0.25, 0.3) is 5.91 Å². The molecule has 0 aromatic carbocycles. The van der Waals surface area contributed by atoms with E-state index in [1.807, 2.05) is 0 Å². The van der Waals surface area contributed by atoms with E-state index < -0.39 is 6.10 Å². The zero-order valence-corrected chi connectivity index (χ0v) is 9.49. The standard InChI is InChI=1S/C8H14N4O2S/c1-5(13)3-4-12(2)7(14)6-10-11-8(9)15-6/h5,13H,3-4H2,1-2H3,(H2,9,11). The van der Waals surface area contributed by atoms with Crippen LogP contribution in [-0.4, -0.2) is 45.8 Å². The fourth-order valence-corrected chi connectivity index (χ4v) is 1.57. The Balaban J connectivity index is 2.53. The highest BCUT2D eigenvalue weighted by Crippen LogP contribution is 2.12. The van der Waals surface area contributed by atoms with E-state index in [2.05, 4.69) is 10.2 Å². The number of nitrogens with zero attached hydrogens (tertiary/aromatic N) is 3. The number of hydrogen-bond donors (Lipinski definition) is 2. The number of carbonyl (C=O) groups is 1. The molecule has 1 heterocycles. The summed E-state index contributed by atoms with van der Waals surface area (Å²) in [6.45, 7) is 2.16. The maximum Gasteiger partial charge on any atom is 0.284 e. The van der Waals surface area contributed by atoms with Crippen LogP contribution in [0.1, 0.15) is 23.1 Å². The van der Waals surface area contributed by atoms with E-state index in [-0.39, 0.29) is 16.0 Å². The van der Waals surface area contributed by atoms with E-state index in [1.54, 1.807) is 14.0 Å². The molecule has 0 saturated heterocycles. The molecule has 15 heavy (non-hydrogen) atoms. The van der Waals surface area contributed by atoms with E-state index in [0.29, 0.717) is 13.0 Å². The smallest absolute Gasteiger partial charge is 0.284 e. The van der Waals surface area contributed by atoms with Crippen molar-refractivity contribution in [2.75, 3.05) is 19.3 Å². The van der Waals surface area contributed by atoms with Crippen molar-refractivity contribution in [3.8, 4) is 0 Å². The molecule has 0 aliphatic heterocycles. The molecular weight excluding hydrogens is 216 g/mol. The number of carbonyl (C=O) groups excluding carboxylic acids is 1. The van der Waals surface area contributed by atoms with Crippen molar-refractivity contribution in [2.24, 2.45) is 0 Å². The van der Waals surface area contributed by atoms with Gasteiger partial charge < -0.3 is 15.7 Å². The zero-order chi connectivity index (χ0) is 11.4. The Kier molecular flexibility index (Phi) is 3.98. The van der Waals surface area contributed by atoms with E-state index in [1.165, 1.54) is 4.90 Å². The first kappa shape index (κ1) is 11.9. The molecule has 1 rings (SSSR count). The fourth-order valence-electron chi connectivity index (χ4n) is 0.966. The Morgan fingerprint density at radius 1 is 1.67 bits per heavy atom. The molecule has 3 N–H and O–H groups in total. The number of nitrogen functional groups attached to an aromatic ring is 1. The zero-order valence-electron chi connectivity index (χ0n) is 8.67. The summed E-state index contributed by atoms with van der Waals surface area (Å²) in [5.74, 6) is -0.218. The molecule has 0 aliphatic rings. The molecule has 0 fully saturated rings. The highest BCUT2D eigenvalue weighted by Gasteiger charge is 2.16. The second kappa shape index (κ2) is 5.04. The van der Waals surface area contributed by atoms with Crippen LogP contribution in [0.15, 0.2) is 0 Å². The number of nitrogens with two attached hydrogens (primary N) is 1. The van der Waals surface area contributed by atoms with Crippen LogP contribution in [0.3, 0.4) is 0 Å². The Bertz CT molecular complexity index is 339. The number of amides is 1. The third-order valence-corrected chi connectivity index (χ3v) is 2.59. The summed E-state index contributed by atoms with van der Waals surface area (Å²) in [5, 5.41) is 16.9. The van der Waals surface area contributed by atoms with Crippen LogP contribution in [0.25, 0.3) is 0 Å². The summed E-state index contributed by atoms with van der Waals surface area (Å²) < 4.78 is 0. The highest BCUT2D eigenvalue weighted by atomic mass is 32.1. The molecule has 84 valence electrons. The molecule has 1 unspecified atom stereocenters. The Morgan fingerprint density at radius 2 is 2.33 bits per heavy atom. The van der Waals surface area contributed by atoms with E-state index in [4.69, 9.17) is 10.8 Å². The molecule has 0 bridgehead atoms. The van der Waals surface area contributed by atoms with E-state index in [0.717, 1.165) is 11.3 Å². The number of aliphatic hydroxyl groups excluding tert-OH is 1. The van der Waals surface area contributed by atoms with Crippen LogP contribution < -0.4 is 5.73 Å². The molecule has 1 atom stereocenters. The summed E-state index contributed by atoms with van der Waals surface area (Å²) in [7, 11) is 1.66. The fraction of sp³-hybridized carbons (Fsp3) is 0.625. The number of aliphatic hydroxyl groups is 1. The van der Waals surface area contributed by atoms with Crippen molar-refractivity contribution in [1.82, 2.24) is 15.1 Å². The summed E-state index contributed by atoms with van der Waals surface area (Å²) in [5.41, 5.74) is 5.37. The van der Waals surface area contributed by atoms with Crippen molar-refractivity contribution < 1.29 is 9.90 Å². The minimum Gasteiger partial charge on any atom is -0.393 e. The lowest BCUT2D eigenvalue weighted by Gasteiger charge is -2.15. The maximum atomic E-state index is 11.7. The Morgan fingerprint density at radius 3 is 2.80 bits per heavy atom. The molecule has 1 amide bonds. The minimum atomic E-state index is -0.417. The van der Waals surface area contributed by atoms with Crippen molar-refractivity contribution in [1.29, 1.82) is 0 Å². The molecule has 1 aromatic heterocycles. The first-order chi connectivity index (χ1) is 7.00. The van der Waals surface area contributed by atoms with E-state index in [9.17, 15) is 4.79 Å². The van der Waals surface area contributed by atoms with Gasteiger partial charge in [-0.1, -0.05) is 11.3 Å². The van der Waals surface area contributed by atoms with Gasteiger partial charge in [0.1, 0.15) is 0 Å². The lowest BCUT2D eigenvalue weighted by molar-refractivity contribution is 0.0768. The van der Waals surface area contributed by atoms with Crippen LogP contribution >= 0.6 is 11.3 Å². The lowest BCUT2D eigenvalue weighted by atomic mass is 10.3. The predicted octanol–water partition coefficient (Wildman–Crippen LogP) is -0.0368. The molecule has 7 heteroatoms. The van der Waals surface area contributed by atoms with Gasteiger partial charge in [-0.15, -0.1) is 10.2 Å². The molecule has 1 aromatic rings. The highest BCUT2D eigenvalue weighted by molar-refractivity contribution is 7.16. The Hall–Kier alpha value is -1.21. The topological polar surface area (TPSA) is 92.3 Å². The number of anilines is 1. The first-order valence-electron chi connectivity index (χ1n) is 4.53. The monoisotopic (exact) mass is 230 g/mol. The van der Waals surface area contributed by atoms with Crippen molar-refractivity contribution in [3.05, 3.63) is 5.01 Å². The van der Waals surface area contributed by atoms with Gasteiger partial charge in [-0.2, -0.15) is 0 Å². The largest absolute Gasteiger partial charge is 0.393 e. The maximum absolute atomic E-state index is 11.7. The lowest BCUT2D eigenvalue weighted by Crippen LogP contribution is -2.29. The molecule has 0 saturated carbocycles. The van der Waals surface area contributed by atoms with Crippen molar-refractivity contribution >= 4 is 22.4 Å². The average Bonchev–Trinajstić information content (AvgIpc) is 2.60. The SMILES string of the molecule is CC(O)CCN(C)C(=O)c1nnc(N)s1. The Labute approximate surface area is 91.7 Å². The van der Waals surface area contributed by atoms with Gasteiger partial charge in [-0.25, -0.2) is 0 Å². The summed E-state index contributed by atoms with van der Waals surface area (Å²) in [4.78, 5) is 13.2. The summed E-state index contributed by atoms with van der Waals surface area (Å²) >= 11 is 1.06. The van der Waals surface area contributed by atoms with Gasteiger partial charge in [0.2, 0.25) is 10.1 Å². The third kappa shape index (κ3) is 3.45. The van der Waals surface area contributed by atoms with Crippen LogP contribution in [0.5, 0.6) is 0 Å². The van der Waals surface area contributed by atoms with Gasteiger partial charge in [0.15, 0.2) is 0 Å². The average molecular weight is 230 g/mol. The van der Waals surface area contributed by atoms with Crippen LogP contribution in [0.4, 0.5) is 5.13 Å². The minimum absolute atomic E-state index is 0.218. The van der Waals surface area contributed by atoms with E-state index >= 15 is 0 Å². The van der Waals surface area contributed by atoms with Crippen LogP contribution in [0, 0.1) is 0 Å².